The Kier molecular flexibility index (Phi) is 5.43. The molecule has 1 heterocycles. The molecule has 27 heavy (non-hydrogen) atoms. The van der Waals surface area contributed by atoms with Crippen LogP contribution in [-0.2, 0) is 0 Å². The molecule has 0 bridgehead atoms. The molecule has 0 fully saturated rings. The van der Waals surface area contributed by atoms with E-state index < -0.39 is 0 Å². The van der Waals surface area contributed by atoms with Gasteiger partial charge in [0.1, 0.15) is 5.75 Å². The number of hydrogen-bond acceptors (Lipinski definition) is 3. The van der Waals surface area contributed by atoms with Crippen molar-refractivity contribution in [1.82, 2.24) is 4.90 Å². The third-order valence-corrected chi connectivity index (χ3v) is 5.25. The lowest BCUT2D eigenvalue weighted by molar-refractivity contribution is 0.336. The third kappa shape index (κ3) is 3.93. The van der Waals surface area contributed by atoms with E-state index >= 15 is 0 Å². The first-order valence-corrected chi connectivity index (χ1v) is 9.46. The van der Waals surface area contributed by atoms with Gasteiger partial charge in [-0.1, -0.05) is 36.4 Å². The fourth-order valence-corrected chi connectivity index (χ4v) is 3.74. The van der Waals surface area contributed by atoms with Crippen molar-refractivity contribution in [2.45, 2.75) is 32.4 Å². The van der Waals surface area contributed by atoms with Gasteiger partial charge in [0, 0.05) is 29.4 Å². The van der Waals surface area contributed by atoms with E-state index in [0.29, 0.717) is 0 Å². The molecule has 0 radical (unpaired) electrons. The van der Waals surface area contributed by atoms with Crippen molar-refractivity contribution in [3.63, 3.8) is 0 Å². The van der Waals surface area contributed by atoms with Crippen LogP contribution in [0, 0.1) is 0 Å². The summed E-state index contributed by atoms with van der Waals surface area (Å²) in [6, 6.07) is 15.1. The number of anilines is 1. The molecule has 3 nitrogen and oxygen atoms in total. The third-order valence-electron chi connectivity index (χ3n) is 5.25. The smallest absolute Gasteiger partial charge is 0.126 e. The minimum Gasteiger partial charge on any atom is -0.496 e. The van der Waals surface area contributed by atoms with Gasteiger partial charge in [-0.25, -0.2) is 0 Å². The van der Waals surface area contributed by atoms with E-state index in [-0.39, 0.29) is 11.6 Å². The molecule has 1 unspecified atom stereocenters. The van der Waals surface area contributed by atoms with E-state index in [1.54, 1.807) is 7.11 Å². The van der Waals surface area contributed by atoms with Gasteiger partial charge in [-0.15, -0.1) is 6.58 Å². The molecule has 1 N–H and O–H groups in total. The average molecular weight is 363 g/mol. The van der Waals surface area contributed by atoms with Crippen molar-refractivity contribution in [3.8, 4) is 16.9 Å². The maximum Gasteiger partial charge on any atom is 0.126 e. The number of likely N-dealkylation sites (N-methyl/N-ethyl adjacent to an activating group) is 1. The maximum absolute atomic E-state index is 5.57. The summed E-state index contributed by atoms with van der Waals surface area (Å²) in [5.41, 5.74) is 5.96. The van der Waals surface area contributed by atoms with Crippen LogP contribution in [0.1, 0.15) is 26.3 Å². The lowest BCUT2D eigenvalue weighted by Gasteiger charge is -2.37. The first-order chi connectivity index (χ1) is 12.9. The molecule has 0 saturated heterocycles. The Morgan fingerprint density at radius 2 is 1.93 bits per heavy atom. The summed E-state index contributed by atoms with van der Waals surface area (Å²) in [5, 5.41) is 3.65. The Morgan fingerprint density at radius 1 is 1.19 bits per heavy atom. The van der Waals surface area contributed by atoms with Gasteiger partial charge in [-0.05, 0) is 57.2 Å². The number of nitrogens with zero attached hydrogens (tertiary/aromatic N) is 1. The van der Waals surface area contributed by atoms with Gasteiger partial charge in [0.2, 0.25) is 0 Å². The number of nitrogens with one attached hydrogen (secondary N) is 1. The minimum absolute atomic E-state index is 0.0857. The zero-order chi connectivity index (χ0) is 19.6. The van der Waals surface area contributed by atoms with Gasteiger partial charge in [-0.2, -0.15) is 0 Å². The number of methoxy groups -OCH3 is 1. The summed E-state index contributed by atoms with van der Waals surface area (Å²) in [7, 11) is 3.87. The summed E-state index contributed by atoms with van der Waals surface area (Å²) in [4.78, 5) is 2.32. The molecule has 0 spiro atoms. The van der Waals surface area contributed by atoms with Crippen molar-refractivity contribution in [3.05, 3.63) is 66.8 Å². The molecule has 1 aliphatic heterocycles. The zero-order valence-electron chi connectivity index (χ0n) is 17.0. The lowest BCUT2D eigenvalue weighted by Crippen LogP contribution is -2.37. The molecular formula is C24H30N2O. The number of fused-ring (bicyclic) bond motifs is 1. The molecule has 3 rings (SSSR count). The van der Waals surface area contributed by atoms with Gasteiger partial charge < -0.3 is 10.1 Å². The molecule has 0 aromatic heterocycles. The molecule has 0 amide bonds. The Labute approximate surface area is 163 Å². The minimum atomic E-state index is -0.0857. The fraction of sp³-hybridized carbons (Fsp3) is 0.333. The summed E-state index contributed by atoms with van der Waals surface area (Å²) < 4.78 is 5.57. The Bertz CT molecular complexity index is 866. The van der Waals surface area contributed by atoms with E-state index in [4.69, 9.17) is 4.74 Å². The van der Waals surface area contributed by atoms with Crippen LogP contribution in [0.2, 0.25) is 0 Å². The molecule has 0 saturated carbocycles. The molecule has 3 heteroatoms. The largest absolute Gasteiger partial charge is 0.496 e. The van der Waals surface area contributed by atoms with Crippen LogP contribution in [0.15, 0.2) is 61.2 Å². The first kappa shape index (κ1) is 19.2. The standard InChI is InChI=1S/C24H30N2O/c1-7-14-26(5)17(2)21-16-24(3,4)25-22-13-12-18(15-20(21)22)19-10-8-9-11-23(19)27-6/h7-13,15-17,25H,1,14H2,2-6H3. The van der Waals surface area contributed by atoms with Crippen LogP contribution in [0.25, 0.3) is 16.7 Å². The van der Waals surface area contributed by atoms with E-state index in [9.17, 15) is 0 Å². The SMILES string of the molecule is C=CCN(C)C(C)C1=CC(C)(C)Nc2ccc(-c3ccccc3OC)cc21. The van der Waals surface area contributed by atoms with Crippen LogP contribution >= 0.6 is 0 Å². The quantitative estimate of drug-likeness (QED) is 0.691. The van der Waals surface area contributed by atoms with Crippen molar-refractivity contribution < 1.29 is 4.74 Å². The zero-order valence-corrected chi connectivity index (χ0v) is 17.0. The first-order valence-electron chi connectivity index (χ1n) is 9.46. The highest BCUT2D eigenvalue weighted by Gasteiger charge is 2.28. The summed E-state index contributed by atoms with van der Waals surface area (Å²) in [5.74, 6) is 0.893. The number of ether oxygens (including phenoxy) is 1. The van der Waals surface area contributed by atoms with Gasteiger partial charge in [0.05, 0.1) is 12.6 Å². The summed E-state index contributed by atoms with van der Waals surface area (Å²) >= 11 is 0. The predicted molar refractivity (Wildman–Crippen MR) is 116 cm³/mol. The lowest BCUT2D eigenvalue weighted by atomic mass is 9.85. The molecular weight excluding hydrogens is 332 g/mol. The molecule has 2 aromatic rings. The van der Waals surface area contributed by atoms with Crippen LogP contribution in [-0.4, -0.2) is 37.2 Å². The molecule has 0 aliphatic carbocycles. The Balaban J connectivity index is 2.10. The molecule has 2 aromatic carbocycles. The van der Waals surface area contributed by atoms with Crippen LogP contribution < -0.4 is 10.1 Å². The monoisotopic (exact) mass is 362 g/mol. The highest BCUT2D eigenvalue weighted by molar-refractivity contribution is 5.87. The van der Waals surface area contributed by atoms with E-state index in [0.717, 1.165) is 23.4 Å². The van der Waals surface area contributed by atoms with Crippen molar-refractivity contribution in [2.24, 2.45) is 0 Å². The van der Waals surface area contributed by atoms with E-state index in [1.807, 2.05) is 18.2 Å². The normalized spacial score (nSPS) is 16.1. The molecule has 1 atom stereocenters. The van der Waals surface area contributed by atoms with E-state index in [1.165, 1.54) is 16.8 Å². The van der Waals surface area contributed by atoms with Crippen molar-refractivity contribution >= 4 is 11.3 Å². The fourth-order valence-electron chi connectivity index (χ4n) is 3.74. The van der Waals surface area contributed by atoms with Gasteiger partial charge in [-0.3, -0.25) is 4.90 Å². The number of hydrogen-bond donors (Lipinski definition) is 1. The molecule has 1 aliphatic rings. The maximum atomic E-state index is 5.57. The van der Waals surface area contributed by atoms with Crippen molar-refractivity contribution in [2.75, 3.05) is 26.0 Å². The number of para-hydroxylation sites is 1. The second kappa shape index (κ2) is 7.61. The van der Waals surface area contributed by atoms with Crippen LogP contribution in [0.4, 0.5) is 5.69 Å². The topological polar surface area (TPSA) is 24.5 Å². The van der Waals surface area contributed by atoms with Gasteiger partial charge in [0.15, 0.2) is 0 Å². The van der Waals surface area contributed by atoms with Crippen LogP contribution in [0.5, 0.6) is 5.75 Å². The van der Waals surface area contributed by atoms with Crippen molar-refractivity contribution in [1.29, 1.82) is 0 Å². The second-order valence-electron chi connectivity index (χ2n) is 7.81. The average Bonchev–Trinajstić information content (AvgIpc) is 2.66. The highest BCUT2D eigenvalue weighted by atomic mass is 16.5. The predicted octanol–water partition coefficient (Wildman–Crippen LogP) is 5.46. The Hall–Kier alpha value is -2.52. The van der Waals surface area contributed by atoms with Gasteiger partial charge in [0.25, 0.3) is 0 Å². The van der Waals surface area contributed by atoms with Crippen LogP contribution in [0.3, 0.4) is 0 Å². The summed E-state index contributed by atoms with van der Waals surface area (Å²) in [6.45, 7) is 11.4. The highest BCUT2D eigenvalue weighted by Crippen LogP contribution is 2.40. The molecule has 142 valence electrons. The number of benzene rings is 2. The van der Waals surface area contributed by atoms with Gasteiger partial charge >= 0.3 is 0 Å². The Morgan fingerprint density at radius 3 is 2.63 bits per heavy atom. The van der Waals surface area contributed by atoms with E-state index in [2.05, 4.69) is 81.0 Å². The summed E-state index contributed by atoms with van der Waals surface area (Å²) in [6.07, 6.45) is 4.31. The number of rotatable bonds is 6. The second-order valence-corrected chi connectivity index (χ2v) is 7.81.